The van der Waals surface area contributed by atoms with Crippen molar-refractivity contribution < 1.29 is 37.7 Å². The Labute approximate surface area is 416 Å². The van der Waals surface area contributed by atoms with Crippen LogP contribution in [0.2, 0.25) is 0 Å². The van der Waals surface area contributed by atoms with Gasteiger partial charge in [-0.25, -0.2) is 19.9 Å². The molecule has 8 aromatic rings. The zero-order chi connectivity index (χ0) is 49.6. The lowest BCUT2D eigenvalue weighted by atomic mass is 9.78. The third-order valence-electron chi connectivity index (χ3n) is 13.4. The largest absolute Gasteiger partial charge is 0.422 e. The van der Waals surface area contributed by atoms with Crippen molar-refractivity contribution in [1.29, 1.82) is 0 Å². The highest BCUT2D eigenvalue weighted by molar-refractivity contribution is 6.10. The Hall–Kier alpha value is -8.06. The maximum Gasteiger partial charge on any atom is 0.300 e. The molecule has 0 bridgehead atoms. The molecule has 13 heterocycles. The number of amides is 2. The summed E-state index contributed by atoms with van der Waals surface area (Å²) in [7, 11) is 3.69. The molecule has 376 valence electrons. The van der Waals surface area contributed by atoms with Gasteiger partial charge in [-0.2, -0.15) is 20.2 Å². The zero-order valence-electron chi connectivity index (χ0n) is 40.2. The molecule has 1 unspecified atom stereocenters. The monoisotopic (exact) mass is 992 g/mol. The molecule has 3 N–H and O–H groups in total. The molecule has 2 amide bonds. The summed E-state index contributed by atoms with van der Waals surface area (Å²) in [6, 6.07) is 15.3. The minimum absolute atomic E-state index is 0.159. The number of pyridine rings is 4. The lowest BCUT2D eigenvalue weighted by molar-refractivity contribution is -0.127. The lowest BCUT2D eigenvalue weighted by Gasteiger charge is -2.55. The van der Waals surface area contributed by atoms with Gasteiger partial charge in [-0.15, -0.1) is 0 Å². The van der Waals surface area contributed by atoms with Gasteiger partial charge in [0.25, 0.3) is 23.8 Å². The smallest absolute Gasteiger partial charge is 0.300 e. The molecule has 1 atom stereocenters. The van der Waals surface area contributed by atoms with Gasteiger partial charge in [0.2, 0.25) is 11.3 Å². The number of morpholine rings is 2. The van der Waals surface area contributed by atoms with Crippen LogP contribution in [0.1, 0.15) is 27.1 Å². The summed E-state index contributed by atoms with van der Waals surface area (Å²) < 4.78 is 31.7. The molecule has 0 aromatic carbocycles. The molecule has 0 radical (unpaired) electrons. The van der Waals surface area contributed by atoms with E-state index < -0.39 is 6.10 Å². The van der Waals surface area contributed by atoms with E-state index in [1.807, 2.05) is 65.5 Å². The van der Waals surface area contributed by atoms with Crippen LogP contribution in [0.5, 0.6) is 0 Å². The summed E-state index contributed by atoms with van der Waals surface area (Å²) >= 11 is 0. The van der Waals surface area contributed by atoms with E-state index in [2.05, 4.69) is 45.7 Å². The van der Waals surface area contributed by atoms with Crippen LogP contribution in [0.4, 0.5) is 35.3 Å². The highest BCUT2D eigenvalue weighted by atomic mass is 16.5. The number of nitrogens with one attached hydrogen (secondary N) is 2. The Kier molecular flexibility index (Phi) is 12.1. The number of rotatable bonds is 10. The van der Waals surface area contributed by atoms with Gasteiger partial charge in [-0.05, 0) is 30.7 Å². The van der Waals surface area contributed by atoms with E-state index in [-0.39, 0.29) is 17.2 Å². The standard InChI is InChI=1S/C25H26N8O4.C24H26N8O4/c1-31-11-16(10-26-31)18-3-2-4-20(27-18)28-23(34)17-9-19-21(30-24(37-19)32-5-7-35-8-6-32)29-22(17)33-12-25(13-33)14-36-15-25;1-30-13-15(12-25-30)18-3-2-4-20(26-18)27-23(34)17-11-19-21(28-22(17)32-6-5-16(33)14-32)29-24(36-19)31-7-9-35-10-8-31/h2-4,9-11H,5-8,12-15H2,1H3,(H,27,28,34);2-4,11-13,16,33H,5-10,14H2,1H3,(H,26,27,34). The molecule has 24 heteroatoms. The van der Waals surface area contributed by atoms with Crippen molar-refractivity contribution in [3.63, 3.8) is 0 Å². The maximum absolute atomic E-state index is 13.6. The fourth-order valence-electron chi connectivity index (χ4n) is 9.51. The molecule has 13 rings (SSSR count). The summed E-state index contributed by atoms with van der Waals surface area (Å²) in [6.07, 6.45) is 7.33. The second-order valence-corrected chi connectivity index (χ2v) is 18.8. The Balaban J connectivity index is 0.000000149. The fourth-order valence-corrected chi connectivity index (χ4v) is 9.51. The van der Waals surface area contributed by atoms with Gasteiger partial charge in [-0.1, -0.05) is 12.1 Å². The van der Waals surface area contributed by atoms with Gasteiger partial charge >= 0.3 is 0 Å². The number of hydrogen-bond donors (Lipinski definition) is 3. The number of β-amino-alcohol motifs (C(OH)–C–C–N with tert-alkyl or cyclic N) is 1. The van der Waals surface area contributed by atoms with E-state index in [0.717, 1.165) is 43.1 Å². The molecule has 1 spiro atoms. The minimum Gasteiger partial charge on any atom is -0.422 e. The minimum atomic E-state index is -0.475. The van der Waals surface area contributed by atoms with Gasteiger partial charge < -0.3 is 58.4 Å². The van der Waals surface area contributed by atoms with Crippen LogP contribution >= 0.6 is 0 Å². The molecule has 5 aliphatic heterocycles. The number of aliphatic hydroxyl groups is 1. The predicted molar refractivity (Wildman–Crippen MR) is 267 cm³/mol. The average Bonchev–Trinajstić information content (AvgIpc) is 4.25. The molecule has 24 nitrogen and oxygen atoms in total. The quantitative estimate of drug-likeness (QED) is 0.177. The highest BCUT2D eigenvalue weighted by Crippen LogP contribution is 2.42. The first-order chi connectivity index (χ1) is 35.6. The van der Waals surface area contributed by atoms with E-state index in [4.69, 9.17) is 33.0 Å². The van der Waals surface area contributed by atoms with Crippen LogP contribution in [0.3, 0.4) is 0 Å². The molecular weight excluding hydrogens is 941 g/mol. The van der Waals surface area contributed by atoms with Gasteiger partial charge in [0, 0.05) is 102 Å². The van der Waals surface area contributed by atoms with Crippen LogP contribution in [-0.2, 0) is 28.3 Å². The molecular formula is C49H52N16O8. The Morgan fingerprint density at radius 2 is 1.11 bits per heavy atom. The van der Waals surface area contributed by atoms with Gasteiger partial charge in [0.1, 0.15) is 23.3 Å². The maximum atomic E-state index is 13.6. The van der Waals surface area contributed by atoms with E-state index in [1.54, 1.807) is 46.0 Å². The molecule has 8 aromatic heterocycles. The summed E-state index contributed by atoms with van der Waals surface area (Å²) in [5.41, 5.74) is 5.83. The number of ether oxygens (including phenoxy) is 3. The highest BCUT2D eigenvalue weighted by Gasteiger charge is 2.50. The molecule has 5 aliphatic rings. The second-order valence-electron chi connectivity index (χ2n) is 18.8. The summed E-state index contributed by atoms with van der Waals surface area (Å²) in [5.74, 6) is 1.21. The zero-order valence-corrected chi connectivity index (χ0v) is 40.2. The van der Waals surface area contributed by atoms with Crippen molar-refractivity contribution in [3.05, 3.63) is 84.4 Å². The SMILES string of the molecule is Cn1cc(-c2cccc(NC(=O)c3cc4oc(N5CCOCC5)nc4nc3N3CC4(COC4)C3)n2)cn1.Cn1cc(-c2cccc(NC(=O)c3cc4oc(N5CCOCC5)nc4nc3N3CCC(O)C3)n2)cn1. The molecule has 5 fully saturated rings. The van der Waals surface area contributed by atoms with Gasteiger partial charge in [-0.3, -0.25) is 19.0 Å². The van der Waals surface area contributed by atoms with Crippen LogP contribution < -0.4 is 30.2 Å². The number of aliphatic hydroxyl groups excluding tert-OH is 1. The van der Waals surface area contributed by atoms with Crippen LogP contribution in [0, 0.1) is 5.41 Å². The number of fused-ring (bicyclic) bond motifs is 2. The first-order valence-corrected chi connectivity index (χ1v) is 24.2. The number of hydrogen-bond acceptors (Lipinski definition) is 20. The van der Waals surface area contributed by atoms with E-state index in [9.17, 15) is 14.7 Å². The molecule has 0 saturated carbocycles. The van der Waals surface area contributed by atoms with Gasteiger partial charge in [0.05, 0.1) is 86.1 Å². The summed E-state index contributed by atoms with van der Waals surface area (Å²) in [5, 5.41) is 24.3. The van der Waals surface area contributed by atoms with E-state index >= 15 is 0 Å². The Bertz CT molecular complexity index is 3330. The average molecular weight is 993 g/mol. The first kappa shape index (κ1) is 46.0. The number of anilines is 6. The lowest BCUT2D eigenvalue weighted by Crippen LogP contribution is -2.66. The van der Waals surface area contributed by atoms with Crippen LogP contribution in [0.25, 0.3) is 45.0 Å². The Morgan fingerprint density at radius 1 is 0.616 bits per heavy atom. The van der Waals surface area contributed by atoms with Crippen molar-refractivity contribution in [2.45, 2.75) is 12.5 Å². The predicted octanol–water partition coefficient (Wildman–Crippen LogP) is 3.62. The van der Waals surface area contributed by atoms with Crippen molar-refractivity contribution in [2.75, 3.05) is 122 Å². The number of oxazole rings is 2. The number of aromatic nitrogens is 10. The molecule has 73 heavy (non-hydrogen) atoms. The number of carbonyl (C=O) groups is 2. The Morgan fingerprint density at radius 3 is 1.53 bits per heavy atom. The second kappa shape index (κ2) is 19.2. The third kappa shape index (κ3) is 9.47. The van der Waals surface area contributed by atoms with E-state index in [0.29, 0.717) is 147 Å². The van der Waals surface area contributed by atoms with Crippen molar-refractivity contribution in [3.8, 4) is 22.5 Å². The normalized spacial score (nSPS) is 18.4. The topological polar surface area (TPSA) is 258 Å². The fraction of sp³-hybridized carbons (Fsp3) is 0.388. The number of carbonyl (C=O) groups excluding carboxylic acids is 2. The van der Waals surface area contributed by atoms with Gasteiger partial charge in [0.15, 0.2) is 11.2 Å². The number of nitrogens with zero attached hydrogens (tertiary/aromatic N) is 14. The van der Waals surface area contributed by atoms with Crippen LogP contribution in [0.15, 0.2) is 82.2 Å². The first-order valence-electron chi connectivity index (χ1n) is 24.2. The third-order valence-corrected chi connectivity index (χ3v) is 13.4. The summed E-state index contributed by atoms with van der Waals surface area (Å²) in [4.78, 5) is 63.0. The summed E-state index contributed by atoms with van der Waals surface area (Å²) in [6.45, 7) is 9.20. The van der Waals surface area contributed by atoms with Crippen molar-refractivity contribution in [2.24, 2.45) is 19.5 Å². The van der Waals surface area contributed by atoms with E-state index in [1.165, 1.54) is 0 Å². The molecule has 5 saturated heterocycles. The number of aryl methyl sites for hydroxylation is 2. The van der Waals surface area contributed by atoms with Crippen molar-refractivity contribution >= 4 is 69.6 Å². The van der Waals surface area contributed by atoms with Crippen LogP contribution in [-0.4, -0.2) is 164 Å². The van der Waals surface area contributed by atoms with Crippen molar-refractivity contribution in [1.82, 2.24) is 49.5 Å². The molecule has 0 aliphatic carbocycles.